The van der Waals surface area contributed by atoms with E-state index in [9.17, 15) is 9.59 Å². The van der Waals surface area contributed by atoms with Crippen LogP contribution in [0.25, 0.3) is 6.08 Å². The Balaban J connectivity index is 1.67. The highest BCUT2D eigenvalue weighted by atomic mass is 32.1. The van der Waals surface area contributed by atoms with Crippen LogP contribution in [-0.2, 0) is 16.0 Å². The fraction of sp³-hybridized carbons (Fsp3) is 0.150. The number of hydrazine groups is 1. The third-order valence-electron chi connectivity index (χ3n) is 3.48. The first kappa shape index (κ1) is 20.1. The summed E-state index contributed by atoms with van der Waals surface area (Å²) in [6, 6.07) is 16.9. The molecule has 140 valence electrons. The average Bonchev–Trinajstić information content (AvgIpc) is 2.70. The predicted octanol–water partition coefficient (Wildman–Crippen LogP) is 2.36. The molecule has 0 unspecified atom stereocenters. The molecule has 0 saturated heterocycles. The molecule has 0 bridgehead atoms. The molecule has 2 amide bonds. The van der Waals surface area contributed by atoms with E-state index in [-0.39, 0.29) is 11.7 Å². The zero-order valence-corrected chi connectivity index (χ0v) is 15.7. The van der Waals surface area contributed by atoms with Crippen molar-refractivity contribution in [2.45, 2.75) is 13.3 Å². The molecule has 2 aromatic carbocycles. The zero-order valence-electron chi connectivity index (χ0n) is 14.9. The lowest BCUT2D eigenvalue weighted by Crippen LogP contribution is -2.49. The lowest BCUT2D eigenvalue weighted by Gasteiger charge is -2.10. The van der Waals surface area contributed by atoms with Crippen molar-refractivity contribution in [1.82, 2.24) is 16.2 Å². The van der Waals surface area contributed by atoms with Gasteiger partial charge >= 0.3 is 0 Å². The summed E-state index contributed by atoms with van der Waals surface area (Å²) in [5.41, 5.74) is 6.90. The quantitative estimate of drug-likeness (QED) is 0.405. The number of thiocarbonyl (C=S) groups is 1. The molecule has 0 spiro atoms. The summed E-state index contributed by atoms with van der Waals surface area (Å²) in [7, 11) is 0. The Labute approximate surface area is 163 Å². The summed E-state index contributed by atoms with van der Waals surface area (Å²) in [6.45, 7) is 1.89. The van der Waals surface area contributed by atoms with Crippen LogP contribution in [0.3, 0.4) is 0 Å². The monoisotopic (exact) mass is 383 g/mol. The van der Waals surface area contributed by atoms with Crippen LogP contribution in [0.1, 0.15) is 18.1 Å². The van der Waals surface area contributed by atoms with Crippen LogP contribution in [-0.4, -0.2) is 23.5 Å². The van der Waals surface area contributed by atoms with Crippen LogP contribution in [0.5, 0.6) is 5.75 Å². The lowest BCUT2D eigenvalue weighted by molar-refractivity contribution is -0.123. The minimum absolute atomic E-state index is 0.0154. The van der Waals surface area contributed by atoms with E-state index in [1.165, 1.54) is 11.6 Å². The highest BCUT2D eigenvalue weighted by Gasteiger charge is 2.05. The molecule has 3 N–H and O–H groups in total. The van der Waals surface area contributed by atoms with Crippen molar-refractivity contribution in [2.75, 3.05) is 6.61 Å². The molecule has 0 heterocycles. The Bertz CT molecular complexity index is 805. The number of nitrogens with one attached hydrogen (secondary N) is 3. The van der Waals surface area contributed by atoms with Gasteiger partial charge in [-0.1, -0.05) is 49.4 Å². The van der Waals surface area contributed by atoms with Gasteiger partial charge < -0.3 is 4.74 Å². The molecule has 0 aliphatic rings. The number of hydrogen-bond donors (Lipinski definition) is 3. The molecule has 0 aromatic heterocycles. The standard InChI is InChI=1S/C20H21N3O3S/c1-2-15-8-11-17(12-9-15)26-14-19(25)22-23-20(27)21-18(24)13-10-16-6-4-3-5-7-16/h3-13H,2,14H2,1H3,(H,22,25)(H2,21,23,24,27). The van der Waals surface area contributed by atoms with Crippen molar-refractivity contribution in [3.8, 4) is 5.75 Å². The average molecular weight is 383 g/mol. The number of amides is 2. The van der Waals surface area contributed by atoms with E-state index >= 15 is 0 Å². The van der Waals surface area contributed by atoms with Crippen molar-refractivity contribution < 1.29 is 14.3 Å². The molecule has 2 rings (SSSR count). The summed E-state index contributed by atoms with van der Waals surface area (Å²) in [4.78, 5) is 23.5. The van der Waals surface area contributed by atoms with E-state index in [1.54, 1.807) is 6.08 Å². The fourth-order valence-electron chi connectivity index (χ4n) is 2.05. The number of rotatable bonds is 6. The van der Waals surface area contributed by atoms with E-state index in [0.717, 1.165) is 12.0 Å². The van der Waals surface area contributed by atoms with Crippen molar-refractivity contribution in [1.29, 1.82) is 0 Å². The fourth-order valence-corrected chi connectivity index (χ4v) is 2.21. The smallest absolute Gasteiger partial charge is 0.276 e. The van der Waals surface area contributed by atoms with E-state index in [1.807, 2.05) is 54.6 Å². The van der Waals surface area contributed by atoms with Crippen LogP contribution < -0.4 is 20.9 Å². The molecule has 0 radical (unpaired) electrons. The number of carbonyl (C=O) groups is 2. The second kappa shape index (κ2) is 10.7. The molecule has 27 heavy (non-hydrogen) atoms. The van der Waals surface area contributed by atoms with Gasteiger partial charge in [-0.15, -0.1) is 0 Å². The van der Waals surface area contributed by atoms with Gasteiger partial charge in [-0.3, -0.25) is 25.8 Å². The molecule has 0 aliphatic heterocycles. The van der Waals surface area contributed by atoms with Gasteiger partial charge in [-0.25, -0.2) is 0 Å². The number of aryl methyl sites for hydroxylation is 1. The second-order valence-electron chi connectivity index (χ2n) is 5.52. The van der Waals surface area contributed by atoms with Gasteiger partial charge in [-0.05, 0) is 48.0 Å². The van der Waals surface area contributed by atoms with Crippen LogP contribution >= 0.6 is 12.2 Å². The largest absolute Gasteiger partial charge is 0.484 e. The number of ether oxygens (including phenoxy) is 1. The van der Waals surface area contributed by atoms with Crippen molar-refractivity contribution in [3.05, 3.63) is 71.8 Å². The third kappa shape index (κ3) is 7.70. The summed E-state index contributed by atoms with van der Waals surface area (Å²) < 4.78 is 5.37. The van der Waals surface area contributed by atoms with Crippen molar-refractivity contribution in [3.63, 3.8) is 0 Å². The summed E-state index contributed by atoms with van der Waals surface area (Å²) >= 11 is 4.95. The SMILES string of the molecule is CCc1ccc(OCC(=O)NNC(=S)NC(=O)C=Cc2ccccc2)cc1. The number of carbonyl (C=O) groups excluding carboxylic acids is 2. The van der Waals surface area contributed by atoms with Gasteiger partial charge in [0.2, 0.25) is 5.91 Å². The minimum atomic E-state index is -0.425. The number of benzene rings is 2. The Kier molecular flexibility index (Phi) is 7.99. The maximum absolute atomic E-state index is 11.8. The highest BCUT2D eigenvalue weighted by Crippen LogP contribution is 2.12. The molecule has 6 nitrogen and oxygen atoms in total. The molecule has 7 heteroatoms. The first-order valence-corrected chi connectivity index (χ1v) is 8.82. The van der Waals surface area contributed by atoms with Gasteiger partial charge in [0.25, 0.3) is 5.91 Å². The molecule has 0 saturated carbocycles. The van der Waals surface area contributed by atoms with Crippen LogP contribution in [0.4, 0.5) is 0 Å². The highest BCUT2D eigenvalue weighted by molar-refractivity contribution is 7.80. The maximum atomic E-state index is 11.8. The van der Waals surface area contributed by atoms with E-state index in [2.05, 4.69) is 23.1 Å². The van der Waals surface area contributed by atoms with Gasteiger partial charge in [0.15, 0.2) is 11.7 Å². The summed E-state index contributed by atoms with van der Waals surface area (Å²) in [6.07, 6.45) is 3.96. The Morgan fingerprint density at radius 2 is 1.74 bits per heavy atom. The Morgan fingerprint density at radius 3 is 2.41 bits per heavy atom. The molecular formula is C20H21N3O3S. The van der Waals surface area contributed by atoms with E-state index < -0.39 is 11.8 Å². The molecule has 0 atom stereocenters. The summed E-state index contributed by atoms with van der Waals surface area (Å²) in [5.74, 6) is -0.229. The van der Waals surface area contributed by atoms with Crippen LogP contribution in [0, 0.1) is 0 Å². The second-order valence-corrected chi connectivity index (χ2v) is 5.93. The first-order valence-electron chi connectivity index (χ1n) is 8.41. The Hall–Kier alpha value is -3.19. The molecule has 2 aromatic rings. The third-order valence-corrected chi connectivity index (χ3v) is 3.68. The summed E-state index contributed by atoms with van der Waals surface area (Å²) in [5, 5.41) is 2.42. The Morgan fingerprint density at radius 1 is 1.04 bits per heavy atom. The topological polar surface area (TPSA) is 79.5 Å². The minimum Gasteiger partial charge on any atom is -0.484 e. The molecule has 0 fully saturated rings. The molecular weight excluding hydrogens is 362 g/mol. The van der Waals surface area contributed by atoms with Crippen LogP contribution in [0.2, 0.25) is 0 Å². The van der Waals surface area contributed by atoms with Crippen molar-refractivity contribution in [2.24, 2.45) is 0 Å². The zero-order chi connectivity index (χ0) is 19.5. The van der Waals surface area contributed by atoms with Gasteiger partial charge in [-0.2, -0.15) is 0 Å². The van der Waals surface area contributed by atoms with Gasteiger partial charge in [0.05, 0.1) is 0 Å². The maximum Gasteiger partial charge on any atom is 0.276 e. The normalized spacial score (nSPS) is 10.3. The van der Waals surface area contributed by atoms with Crippen LogP contribution in [0.15, 0.2) is 60.7 Å². The predicted molar refractivity (Wildman–Crippen MR) is 109 cm³/mol. The number of hydrogen-bond acceptors (Lipinski definition) is 4. The van der Waals surface area contributed by atoms with Gasteiger partial charge in [0.1, 0.15) is 5.75 Å². The van der Waals surface area contributed by atoms with E-state index in [0.29, 0.717) is 5.75 Å². The van der Waals surface area contributed by atoms with Gasteiger partial charge in [0, 0.05) is 6.08 Å². The lowest BCUT2D eigenvalue weighted by atomic mass is 10.2. The first-order chi connectivity index (χ1) is 13.1. The van der Waals surface area contributed by atoms with Crippen molar-refractivity contribution >= 4 is 35.2 Å². The molecule has 0 aliphatic carbocycles. The van der Waals surface area contributed by atoms with E-state index in [4.69, 9.17) is 17.0 Å².